The number of fused-ring (bicyclic) bond motifs is 1. The van der Waals surface area contributed by atoms with E-state index in [0.717, 1.165) is 24.1 Å². The lowest BCUT2D eigenvalue weighted by atomic mass is 10.0. The average Bonchev–Trinajstić information content (AvgIpc) is 3.28. The summed E-state index contributed by atoms with van der Waals surface area (Å²) in [6.07, 6.45) is -4.86. The molecule has 0 spiro atoms. The second-order valence-electron chi connectivity index (χ2n) is 8.26. The molecule has 0 saturated carbocycles. The zero-order valence-corrected chi connectivity index (χ0v) is 21.3. The molecular weight excluding hydrogens is 527 g/mol. The molecule has 2 aromatic heterocycles. The Kier molecular flexibility index (Phi) is 7.69. The molecule has 38 heavy (non-hydrogen) atoms. The Bertz CT molecular complexity index is 1620. The largest absolute Gasteiger partial charge is 0.481 e. The van der Waals surface area contributed by atoms with Gasteiger partial charge in [0.2, 0.25) is 0 Å². The maximum atomic E-state index is 13.2. The van der Waals surface area contributed by atoms with Crippen LogP contribution in [0.5, 0.6) is 5.75 Å². The first kappa shape index (κ1) is 27.1. The van der Waals surface area contributed by atoms with Crippen molar-refractivity contribution in [3.05, 3.63) is 74.6 Å². The quantitative estimate of drug-likeness (QED) is 0.244. The average molecular weight is 550 g/mol. The molecule has 0 aliphatic heterocycles. The summed E-state index contributed by atoms with van der Waals surface area (Å²) in [5, 5.41) is 0.541. The van der Waals surface area contributed by atoms with E-state index in [2.05, 4.69) is 4.37 Å². The van der Waals surface area contributed by atoms with Gasteiger partial charge >= 0.3 is 17.8 Å². The van der Waals surface area contributed by atoms with Crippen LogP contribution in [0.3, 0.4) is 0 Å². The van der Waals surface area contributed by atoms with E-state index in [4.69, 9.17) is 14.2 Å². The van der Waals surface area contributed by atoms with Crippen LogP contribution in [0.2, 0.25) is 0 Å². The molecule has 0 N–H and O–H groups in total. The number of carbonyl (C=O) groups excluding carboxylic acids is 1. The van der Waals surface area contributed by atoms with Crippen LogP contribution in [0.1, 0.15) is 11.3 Å². The molecule has 0 saturated heterocycles. The summed E-state index contributed by atoms with van der Waals surface area (Å²) < 4.78 is 61.6. The highest BCUT2D eigenvalue weighted by molar-refractivity contribution is 7.13. The molecule has 4 aromatic rings. The van der Waals surface area contributed by atoms with Gasteiger partial charge in [-0.2, -0.15) is 17.5 Å². The molecular formula is C25H22F3N3O6S. The van der Waals surface area contributed by atoms with Gasteiger partial charge in [0, 0.05) is 31.2 Å². The number of methoxy groups -OCH3 is 1. The molecule has 0 radical (unpaired) electrons. The molecule has 200 valence electrons. The highest BCUT2D eigenvalue weighted by atomic mass is 32.1. The van der Waals surface area contributed by atoms with Crippen molar-refractivity contribution >= 4 is 27.6 Å². The fourth-order valence-electron chi connectivity index (χ4n) is 3.77. The molecule has 0 aliphatic rings. The van der Waals surface area contributed by atoms with Gasteiger partial charge in [-0.15, -0.1) is 0 Å². The van der Waals surface area contributed by atoms with Gasteiger partial charge in [0.25, 0.3) is 5.56 Å². The van der Waals surface area contributed by atoms with Crippen molar-refractivity contribution in [3.63, 3.8) is 0 Å². The third-order valence-corrected chi connectivity index (χ3v) is 6.44. The Hall–Kier alpha value is -3.97. The number of alkyl halides is 3. The molecule has 0 amide bonds. The van der Waals surface area contributed by atoms with Crippen LogP contribution >= 0.6 is 11.5 Å². The number of carbonyl (C=O) groups is 1. The number of aromatic nitrogens is 3. The van der Waals surface area contributed by atoms with Crippen LogP contribution in [0.15, 0.2) is 52.1 Å². The van der Waals surface area contributed by atoms with Gasteiger partial charge in [-0.1, -0.05) is 11.6 Å². The van der Waals surface area contributed by atoms with Crippen LogP contribution in [0.25, 0.3) is 27.0 Å². The summed E-state index contributed by atoms with van der Waals surface area (Å²) in [6.45, 7) is 1.84. The number of aryl methyl sites for hydroxylation is 1. The first-order valence-electron chi connectivity index (χ1n) is 11.2. The molecule has 13 heteroatoms. The second kappa shape index (κ2) is 10.8. The standard InChI is InChI=1S/C25H22F3N3O6S/c1-14-4-6-18(37-13-22(33)36-9-8-35-3)16(10-14)23-17-11-15(5-7-19(17)38-29-23)31-21(32)12-20(25(26,27)28)30(2)24(31)34/h4-7,10-12H,8-9,13H2,1-3H3. The second-order valence-corrected chi connectivity index (χ2v) is 9.06. The molecule has 0 atom stereocenters. The van der Waals surface area contributed by atoms with Crippen LogP contribution in [-0.4, -0.2) is 46.4 Å². The van der Waals surface area contributed by atoms with Crippen molar-refractivity contribution in [2.24, 2.45) is 7.05 Å². The van der Waals surface area contributed by atoms with E-state index in [-0.39, 0.29) is 25.5 Å². The number of rotatable bonds is 8. The minimum Gasteiger partial charge on any atom is -0.481 e. The van der Waals surface area contributed by atoms with Crippen LogP contribution in [-0.2, 0) is 27.5 Å². The van der Waals surface area contributed by atoms with E-state index in [1.807, 2.05) is 6.92 Å². The van der Waals surface area contributed by atoms with Crippen molar-refractivity contribution in [1.82, 2.24) is 13.5 Å². The Morgan fingerprint density at radius 3 is 2.55 bits per heavy atom. The van der Waals surface area contributed by atoms with E-state index in [9.17, 15) is 27.6 Å². The number of nitrogens with zero attached hydrogens (tertiary/aromatic N) is 3. The molecule has 9 nitrogen and oxygen atoms in total. The highest BCUT2D eigenvalue weighted by Crippen LogP contribution is 2.37. The van der Waals surface area contributed by atoms with E-state index < -0.39 is 29.1 Å². The first-order chi connectivity index (χ1) is 18.0. The molecule has 2 aromatic carbocycles. The van der Waals surface area contributed by atoms with Gasteiger partial charge in [0.05, 0.1) is 22.7 Å². The Balaban J connectivity index is 1.76. The molecule has 2 heterocycles. The van der Waals surface area contributed by atoms with Crippen LogP contribution < -0.4 is 16.0 Å². The van der Waals surface area contributed by atoms with Crippen LogP contribution in [0.4, 0.5) is 13.2 Å². The number of benzene rings is 2. The predicted octanol–water partition coefficient (Wildman–Crippen LogP) is 3.71. The minimum atomic E-state index is -4.86. The number of hydrogen-bond donors (Lipinski definition) is 0. The smallest absolute Gasteiger partial charge is 0.431 e. The van der Waals surface area contributed by atoms with E-state index in [0.29, 0.717) is 42.3 Å². The molecule has 0 fully saturated rings. The minimum absolute atomic E-state index is 0.0788. The third-order valence-electron chi connectivity index (χ3n) is 5.61. The van der Waals surface area contributed by atoms with E-state index >= 15 is 0 Å². The van der Waals surface area contributed by atoms with Crippen LogP contribution in [0, 0.1) is 6.92 Å². The molecule has 0 bridgehead atoms. The monoisotopic (exact) mass is 549 g/mol. The summed E-state index contributed by atoms with van der Waals surface area (Å²) in [6, 6.07) is 10.3. The predicted molar refractivity (Wildman–Crippen MR) is 134 cm³/mol. The molecule has 0 unspecified atom stereocenters. The summed E-state index contributed by atoms with van der Waals surface area (Å²) in [7, 11) is 2.44. The lowest BCUT2D eigenvalue weighted by Gasteiger charge is -2.14. The summed E-state index contributed by atoms with van der Waals surface area (Å²) >= 11 is 1.15. The van der Waals surface area contributed by atoms with E-state index in [1.165, 1.54) is 19.2 Å². The van der Waals surface area contributed by atoms with Crippen molar-refractivity contribution in [2.75, 3.05) is 26.9 Å². The van der Waals surface area contributed by atoms with Gasteiger partial charge in [0.15, 0.2) is 6.61 Å². The van der Waals surface area contributed by atoms with Gasteiger partial charge in [-0.05, 0) is 48.8 Å². The zero-order valence-electron chi connectivity index (χ0n) is 20.5. The number of halogens is 3. The Morgan fingerprint density at radius 1 is 1.08 bits per heavy atom. The Labute approximate surface area is 217 Å². The third kappa shape index (κ3) is 5.48. The zero-order chi connectivity index (χ0) is 27.6. The summed E-state index contributed by atoms with van der Waals surface area (Å²) in [5.74, 6) is -0.240. The lowest BCUT2D eigenvalue weighted by Crippen LogP contribution is -2.40. The van der Waals surface area contributed by atoms with Crippen molar-refractivity contribution in [2.45, 2.75) is 13.1 Å². The summed E-state index contributed by atoms with van der Waals surface area (Å²) in [4.78, 5) is 37.4. The highest BCUT2D eigenvalue weighted by Gasteiger charge is 2.35. The Morgan fingerprint density at radius 2 is 1.84 bits per heavy atom. The maximum Gasteiger partial charge on any atom is 0.431 e. The normalized spacial score (nSPS) is 11.6. The maximum absolute atomic E-state index is 13.2. The fraction of sp³-hybridized carbons (Fsp3) is 0.280. The summed E-state index contributed by atoms with van der Waals surface area (Å²) in [5.41, 5.74) is -1.64. The van der Waals surface area contributed by atoms with E-state index in [1.54, 1.807) is 24.3 Å². The molecule has 0 aliphatic carbocycles. The van der Waals surface area contributed by atoms with Gasteiger partial charge < -0.3 is 14.2 Å². The van der Waals surface area contributed by atoms with Gasteiger partial charge in [0.1, 0.15) is 18.1 Å². The first-order valence-corrected chi connectivity index (χ1v) is 12.0. The SMILES string of the molecule is COCCOC(=O)COc1ccc(C)cc1-c1nsc2ccc(-n3c(=O)cc(C(F)(F)F)n(C)c3=O)cc12. The van der Waals surface area contributed by atoms with Gasteiger partial charge in [-0.3, -0.25) is 9.36 Å². The lowest BCUT2D eigenvalue weighted by molar-refractivity contribution is -0.147. The van der Waals surface area contributed by atoms with Crippen molar-refractivity contribution < 1.29 is 32.2 Å². The number of ether oxygens (including phenoxy) is 3. The van der Waals surface area contributed by atoms with Gasteiger partial charge in [-0.25, -0.2) is 14.2 Å². The fourth-order valence-corrected chi connectivity index (χ4v) is 4.54. The van der Waals surface area contributed by atoms with Crippen molar-refractivity contribution in [3.8, 4) is 22.7 Å². The number of hydrogen-bond acceptors (Lipinski definition) is 8. The topological polar surface area (TPSA) is 102 Å². The van der Waals surface area contributed by atoms with Crippen molar-refractivity contribution in [1.29, 1.82) is 0 Å². The number of esters is 1. The molecule has 4 rings (SSSR count).